The SMILES string of the molecule is CC(C)CCCC(C)[C@H]1CC[C@H]2[C@@H]3CC=C4C[C@@H](O)CC[C@]4(C)[C@H]3CC[C@]12C.Cc1ncc[nH]1. The molecule has 34 heavy (non-hydrogen) atoms. The summed E-state index contributed by atoms with van der Waals surface area (Å²) in [6, 6.07) is 0. The Labute approximate surface area is 209 Å². The van der Waals surface area contributed by atoms with Crippen molar-refractivity contribution in [3.63, 3.8) is 0 Å². The maximum absolute atomic E-state index is 10.2. The molecule has 8 atom stereocenters. The molecule has 1 heterocycles. The Bertz CT molecular complexity index is 813. The zero-order valence-electron chi connectivity index (χ0n) is 22.9. The molecule has 1 unspecified atom stereocenters. The van der Waals surface area contributed by atoms with Gasteiger partial charge in [-0.15, -0.1) is 0 Å². The summed E-state index contributed by atoms with van der Waals surface area (Å²) in [6.07, 6.45) is 20.7. The first kappa shape index (κ1) is 26.0. The summed E-state index contributed by atoms with van der Waals surface area (Å²) < 4.78 is 0. The minimum atomic E-state index is -0.0766. The van der Waals surface area contributed by atoms with E-state index in [0.717, 1.165) is 54.2 Å². The third-order valence-electron chi connectivity index (χ3n) is 10.9. The number of H-pyrrole nitrogens is 1. The normalized spacial score (nSPS) is 39.9. The highest BCUT2D eigenvalue weighted by atomic mass is 16.3. The average Bonchev–Trinajstić information content (AvgIpc) is 3.40. The van der Waals surface area contributed by atoms with E-state index in [9.17, 15) is 5.11 Å². The van der Waals surface area contributed by atoms with Crippen molar-refractivity contribution in [2.24, 2.45) is 46.3 Å². The van der Waals surface area contributed by atoms with Gasteiger partial charge in [0.25, 0.3) is 0 Å². The molecule has 3 nitrogen and oxygen atoms in total. The van der Waals surface area contributed by atoms with Crippen LogP contribution < -0.4 is 0 Å². The van der Waals surface area contributed by atoms with Gasteiger partial charge >= 0.3 is 0 Å². The predicted molar refractivity (Wildman–Crippen MR) is 142 cm³/mol. The molecule has 0 bridgehead atoms. The quantitative estimate of drug-likeness (QED) is 0.429. The number of hydrogen-bond acceptors (Lipinski definition) is 2. The molecule has 0 radical (unpaired) electrons. The topological polar surface area (TPSA) is 48.9 Å². The van der Waals surface area contributed by atoms with Crippen LogP contribution in [0, 0.1) is 53.3 Å². The standard InChI is InChI=1S/C27H46O.C4H6N2/c1-18(2)7-6-8-19(3)23-11-12-24-22-10-9-20-17-21(28)13-15-26(20,4)25(22)14-16-27(23,24)5;1-4-5-2-3-6-4/h9,18-19,21-25,28H,6-8,10-17H2,1-5H3;2-3H,1H3,(H,5,6)/t19?,21-,22-,23+,24-,25-,26-,27+;/m0./s1. The number of fused-ring (bicyclic) bond motifs is 5. The van der Waals surface area contributed by atoms with Crippen molar-refractivity contribution in [3.8, 4) is 0 Å². The van der Waals surface area contributed by atoms with Gasteiger partial charge in [0.15, 0.2) is 0 Å². The van der Waals surface area contributed by atoms with Crippen molar-refractivity contribution in [2.75, 3.05) is 0 Å². The summed E-state index contributed by atoms with van der Waals surface area (Å²) in [5.74, 6) is 6.42. The summed E-state index contributed by atoms with van der Waals surface area (Å²) in [7, 11) is 0. The van der Waals surface area contributed by atoms with Crippen molar-refractivity contribution < 1.29 is 5.11 Å². The number of aliphatic hydroxyl groups excluding tert-OH is 1. The second-order valence-corrected chi connectivity index (χ2v) is 13.4. The summed E-state index contributed by atoms with van der Waals surface area (Å²) in [6.45, 7) is 14.5. The van der Waals surface area contributed by atoms with Crippen LogP contribution in [-0.2, 0) is 0 Å². The van der Waals surface area contributed by atoms with Crippen LogP contribution in [0.2, 0.25) is 0 Å². The third kappa shape index (κ3) is 5.06. The molecule has 3 heteroatoms. The highest BCUT2D eigenvalue weighted by Gasteiger charge is 2.59. The Morgan fingerprint density at radius 2 is 1.85 bits per heavy atom. The second kappa shape index (κ2) is 10.5. The molecule has 4 aliphatic carbocycles. The van der Waals surface area contributed by atoms with Gasteiger partial charge in [-0.05, 0) is 105 Å². The van der Waals surface area contributed by atoms with Gasteiger partial charge in [-0.1, -0.05) is 65.5 Å². The Morgan fingerprint density at radius 3 is 2.50 bits per heavy atom. The maximum atomic E-state index is 10.2. The molecule has 0 spiro atoms. The molecule has 0 aromatic carbocycles. The van der Waals surface area contributed by atoms with Crippen LogP contribution in [0.5, 0.6) is 0 Å². The van der Waals surface area contributed by atoms with Gasteiger partial charge in [0.05, 0.1) is 6.10 Å². The molecule has 0 amide bonds. The van der Waals surface area contributed by atoms with E-state index >= 15 is 0 Å². The monoisotopic (exact) mass is 468 g/mol. The molecule has 5 rings (SSSR count). The number of hydrogen-bond donors (Lipinski definition) is 2. The molecular formula is C31H52N2O. The molecule has 1 aromatic heterocycles. The van der Waals surface area contributed by atoms with Crippen molar-refractivity contribution in [2.45, 2.75) is 118 Å². The molecular weight excluding hydrogens is 416 g/mol. The number of aryl methyl sites for hydroxylation is 1. The lowest BCUT2D eigenvalue weighted by Crippen LogP contribution is -2.50. The van der Waals surface area contributed by atoms with Crippen molar-refractivity contribution in [3.05, 3.63) is 29.9 Å². The van der Waals surface area contributed by atoms with E-state index < -0.39 is 0 Å². The van der Waals surface area contributed by atoms with Gasteiger partial charge in [-0.3, -0.25) is 0 Å². The molecule has 1 aromatic rings. The molecule has 3 fully saturated rings. The van der Waals surface area contributed by atoms with Crippen LogP contribution in [0.15, 0.2) is 24.0 Å². The number of rotatable bonds is 5. The first-order valence-electron chi connectivity index (χ1n) is 14.5. The Hall–Kier alpha value is -1.09. The van der Waals surface area contributed by atoms with E-state index in [4.69, 9.17) is 0 Å². The van der Waals surface area contributed by atoms with Gasteiger partial charge in [0.1, 0.15) is 5.82 Å². The summed E-state index contributed by atoms with van der Waals surface area (Å²) in [4.78, 5) is 6.75. The van der Waals surface area contributed by atoms with E-state index in [1.54, 1.807) is 18.0 Å². The fraction of sp³-hybridized carbons (Fsp3) is 0.839. The summed E-state index contributed by atoms with van der Waals surface area (Å²) in [5.41, 5.74) is 2.60. The van der Waals surface area contributed by atoms with Gasteiger partial charge in [0.2, 0.25) is 0 Å². The first-order valence-corrected chi connectivity index (χ1v) is 14.5. The Balaban J connectivity index is 0.000000398. The fourth-order valence-electron chi connectivity index (χ4n) is 9.01. The molecule has 0 aliphatic heterocycles. The van der Waals surface area contributed by atoms with E-state index in [0.29, 0.717) is 10.8 Å². The number of imidazole rings is 1. The Morgan fingerprint density at radius 1 is 1.06 bits per heavy atom. The molecule has 3 saturated carbocycles. The number of allylic oxidation sites excluding steroid dienone is 1. The third-order valence-corrected chi connectivity index (χ3v) is 10.9. The summed E-state index contributed by atoms with van der Waals surface area (Å²) in [5, 5.41) is 10.2. The van der Waals surface area contributed by atoms with Crippen LogP contribution >= 0.6 is 0 Å². The largest absolute Gasteiger partial charge is 0.393 e. The molecule has 0 saturated heterocycles. The van der Waals surface area contributed by atoms with Crippen molar-refractivity contribution >= 4 is 0 Å². The fourth-order valence-corrected chi connectivity index (χ4v) is 9.01. The maximum Gasteiger partial charge on any atom is 0.102 e. The predicted octanol–water partition coefficient (Wildman–Crippen LogP) is 8.11. The smallest absolute Gasteiger partial charge is 0.102 e. The second-order valence-electron chi connectivity index (χ2n) is 13.4. The van der Waals surface area contributed by atoms with Crippen molar-refractivity contribution in [1.29, 1.82) is 0 Å². The molecule has 192 valence electrons. The number of aromatic nitrogens is 2. The minimum Gasteiger partial charge on any atom is -0.393 e. The summed E-state index contributed by atoms with van der Waals surface area (Å²) >= 11 is 0. The minimum absolute atomic E-state index is 0.0766. The number of aromatic amines is 1. The lowest BCUT2D eigenvalue weighted by atomic mass is 9.47. The highest BCUT2D eigenvalue weighted by molar-refractivity contribution is 5.25. The van der Waals surface area contributed by atoms with E-state index in [2.05, 4.69) is 50.7 Å². The van der Waals surface area contributed by atoms with Gasteiger partial charge in [0, 0.05) is 12.4 Å². The van der Waals surface area contributed by atoms with Gasteiger partial charge < -0.3 is 10.1 Å². The van der Waals surface area contributed by atoms with Crippen LogP contribution in [0.25, 0.3) is 0 Å². The van der Waals surface area contributed by atoms with Crippen LogP contribution in [0.1, 0.15) is 111 Å². The van der Waals surface area contributed by atoms with Gasteiger partial charge in [-0.2, -0.15) is 0 Å². The van der Waals surface area contributed by atoms with E-state index in [1.807, 2.05) is 6.92 Å². The van der Waals surface area contributed by atoms with Crippen molar-refractivity contribution in [1.82, 2.24) is 9.97 Å². The van der Waals surface area contributed by atoms with E-state index in [-0.39, 0.29) is 6.10 Å². The number of aliphatic hydroxyl groups is 1. The zero-order chi connectivity index (χ0) is 24.5. The first-order chi connectivity index (χ1) is 16.1. The zero-order valence-corrected chi connectivity index (χ0v) is 22.9. The van der Waals surface area contributed by atoms with E-state index in [1.165, 1.54) is 57.8 Å². The molecule has 4 aliphatic rings. The molecule has 2 N–H and O–H groups in total. The van der Waals surface area contributed by atoms with Crippen LogP contribution in [0.3, 0.4) is 0 Å². The number of nitrogens with zero attached hydrogens (tertiary/aromatic N) is 1. The highest BCUT2D eigenvalue weighted by Crippen LogP contribution is 2.67. The lowest BCUT2D eigenvalue weighted by Gasteiger charge is -2.58. The average molecular weight is 469 g/mol. The van der Waals surface area contributed by atoms with Crippen LogP contribution in [0.4, 0.5) is 0 Å². The van der Waals surface area contributed by atoms with Gasteiger partial charge in [-0.25, -0.2) is 4.98 Å². The Kier molecular flexibility index (Phi) is 8.02. The number of nitrogens with one attached hydrogen (secondary N) is 1. The lowest BCUT2D eigenvalue weighted by molar-refractivity contribution is -0.0573. The van der Waals surface area contributed by atoms with Crippen LogP contribution in [-0.4, -0.2) is 21.2 Å².